The van der Waals surface area contributed by atoms with E-state index in [0.29, 0.717) is 17.4 Å². The maximum Gasteiger partial charge on any atom is 0.248 e. The number of carbonyl (C=O) groups is 1. The molecule has 132 valence electrons. The topological polar surface area (TPSA) is 55.6 Å². The summed E-state index contributed by atoms with van der Waals surface area (Å²) >= 11 is 0. The normalized spacial score (nSPS) is 30.2. The summed E-state index contributed by atoms with van der Waals surface area (Å²) in [6.07, 6.45) is 6.15. The average Bonchev–Trinajstić information content (AvgIpc) is 2.59. The maximum atomic E-state index is 11.6. The summed E-state index contributed by atoms with van der Waals surface area (Å²) in [7, 11) is 1.84. The Morgan fingerprint density at radius 1 is 1.33 bits per heavy atom. The van der Waals surface area contributed by atoms with E-state index >= 15 is 0 Å². The molecule has 3 rings (SSSR count). The number of amides is 1. The van der Waals surface area contributed by atoms with Gasteiger partial charge in [0.1, 0.15) is 5.60 Å². The van der Waals surface area contributed by atoms with E-state index in [9.17, 15) is 4.79 Å². The molecule has 2 aliphatic rings. The second kappa shape index (κ2) is 7.24. The fourth-order valence-electron chi connectivity index (χ4n) is 4.93. The number of methoxy groups -OCH3 is 1. The van der Waals surface area contributed by atoms with E-state index in [4.69, 9.17) is 10.5 Å². The summed E-state index contributed by atoms with van der Waals surface area (Å²) in [5, 5.41) is 0. The lowest BCUT2D eigenvalue weighted by Crippen LogP contribution is -2.59. The Morgan fingerprint density at radius 2 is 2.04 bits per heavy atom. The molecular formula is C20H30N2O2. The highest BCUT2D eigenvalue weighted by Crippen LogP contribution is 2.51. The molecule has 0 radical (unpaired) electrons. The summed E-state index contributed by atoms with van der Waals surface area (Å²) in [6.45, 7) is 5.61. The van der Waals surface area contributed by atoms with E-state index < -0.39 is 0 Å². The predicted octanol–water partition coefficient (Wildman–Crippen LogP) is 3.16. The average molecular weight is 330 g/mol. The molecule has 0 aromatic heterocycles. The molecule has 1 saturated carbocycles. The highest BCUT2D eigenvalue weighted by Gasteiger charge is 2.53. The number of unbranched alkanes of at least 4 members (excludes halogenated alkanes) is 1. The summed E-state index contributed by atoms with van der Waals surface area (Å²) in [6, 6.07) is 7.80. The Morgan fingerprint density at radius 3 is 2.62 bits per heavy atom. The SMILES string of the molecule is CCCCN1CC2CCCC(C1)C2(OC)c1cccc(C(N)=O)c1. The Balaban J connectivity index is 1.94. The molecule has 2 unspecified atom stereocenters. The first-order valence-electron chi connectivity index (χ1n) is 9.29. The number of carbonyl (C=O) groups excluding carboxylic acids is 1. The number of likely N-dealkylation sites (tertiary alicyclic amines) is 1. The molecule has 4 heteroatoms. The fraction of sp³-hybridized carbons (Fsp3) is 0.650. The van der Waals surface area contributed by atoms with Gasteiger partial charge in [-0.1, -0.05) is 31.9 Å². The number of hydrogen-bond acceptors (Lipinski definition) is 3. The van der Waals surface area contributed by atoms with Crippen molar-refractivity contribution in [3.8, 4) is 0 Å². The molecule has 1 saturated heterocycles. The summed E-state index contributed by atoms with van der Waals surface area (Å²) in [5.41, 5.74) is 6.94. The molecule has 2 bridgehead atoms. The van der Waals surface area contributed by atoms with Gasteiger partial charge in [-0.2, -0.15) is 0 Å². The van der Waals surface area contributed by atoms with Crippen molar-refractivity contribution in [1.29, 1.82) is 0 Å². The van der Waals surface area contributed by atoms with Gasteiger partial charge in [0.25, 0.3) is 0 Å². The van der Waals surface area contributed by atoms with Crippen LogP contribution in [-0.4, -0.2) is 37.6 Å². The minimum absolute atomic E-state index is 0.271. The van der Waals surface area contributed by atoms with Crippen molar-refractivity contribution < 1.29 is 9.53 Å². The third kappa shape index (κ3) is 2.98. The van der Waals surface area contributed by atoms with Crippen LogP contribution in [0.25, 0.3) is 0 Å². The van der Waals surface area contributed by atoms with Crippen molar-refractivity contribution in [2.24, 2.45) is 17.6 Å². The van der Waals surface area contributed by atoms with Gasteiger partial charge in [-0.05, 0) is 43.5 Å². The van der Waals surface area contributed by atoms with Crippen molar-refractivity contribution in [2.75, 3.05) is 26.7 Å². The number of fused-ring (bicyclic) bond motifs is 2. The molecule has 1 aliphatic carbocycles. The van der Waals surface area contributed by atoms with Gasteiger partial charge in [0.05, 0.1) is 0 Å². The Bertz CT molecular complexity index is 573. The molecule has 0 spiro atoms. The van der Waals surface area contributed by atoms with Gasteiger partial charge in [-0.15, -0.1) is 0 Å². The van der Waals surface area contributed by atoms with Crippen LogP contribution in [0.3, 0.4) is 0 Å². The molecule has 2 atom stereocenters. The molecular weight excluding hydrogens is 300 g/mol. The Hall–Kier alpha value is -1.39. The second-order valence-corrected chi connectivity index (χ2v) is 7.38. The molecule has 2 fully saturated rings. The first-order chi connectivity index (χ1) is 11.6. The number of rotatable bonds is 6. The predicted molar refractivity (Wildman–Crippen MR) is 95.8 cm³/mol. The molecule has 24 heavy (non-hydrogen) atoms. The maximum absolute atomic E-state index is 11.6. The van der Waals surface area contributed by atoms with Crippen molar-refractivity contribution in [3.05, 3.63) is 35.4 Å². The van der Waals surface area contributed by atoms with E-state index in [1.54, 1.807) is 6.07 Å². The van der Waals surface area contributed by atoms with Gasteiger partial charge in [-0.25, -0.2) is 0 Å². The van der Waals surface area contributed by atoms with Gasteiger partial charge >= 0.3 is 0 Å². The van der Waals surface area contributed by atoms with E-state index in [-0.39, 0.29) is 11.5 Å². The lowest BCUT2D eigenvalue weighted by atomic mass is 9.62. The lowest BCUT2D eigenvalue weighted by molar-refractivity contribution is -0.169. The first-order valence-corrected chi connectivity index (χ1v) is 9.29. The lowest BCUT2D eigenvalue weighted by Gasteiger charge is -2.55. The number of nitrogens with two attached hydrogens (primary N) is 1. The van der Waals surface area contributed by atoms with Crippen LogP contribution in [0.15, 0.2) is 24.3 Å². The van der Waals surface area contributed by atoms with Crippen molar-refractivity contribution in [2.45, 2.75) is 44.6 Å². The zero-order valence-electron chi connectivity index (χ0n) is 15.0. The minimum Gasteiger partial charge on any atom is -0.373 e. The number of piperidine rings is 1. The Labute approximate surface area is 145 Å². The van der Waals surface area contributed by atoms with Crippen LogP contribution in [0.2, 0.25) is 0 Å². The third-order valence-corrected chi connectivity index (χ3v) is 6.04. The van der Waals surface area contributed by atoms with Crippen LogP contribution in [0.4, 0.5) is 0 Å². The van der Waals surface area contributed by atoms with Crippen LogP contribution in [-0.2, 0) is 10.3 Å². The largest absolute Gasteiger partial charge is 0.373 e. The number of hydrogen-bond donors (Lipinski definition) is 1. The monoisotopic (exact) mass is 330 g/mol. The smallest absolute Gasteiger partial charge is 0.248 e. The van der Waals surface area contributed by atoms with Gasteiger partial charge < -0.3 is 15.4 Å². The Kier molecular flexibility index (Phi) is 5.26. The molecule has 2 N–H and O–H groups in total. The van der Waals surface area contributed by atoms with E-state index in [0.717, 1.165) is 18.7 Å². The van der Waals surface area contributed by atoms with Crippen LogP contribution in [0, 0.1) is 11.8 Å². The van der Waals surface area contributed by atoms with Crippen LogP contribution in [0.1, 0.15) is 54.9 Å². The third-order valence-electron chi connectivity index (χ3n) is 6.04. The number of ether oxygens (including phenoxy) is 1. The molecule has 1 heterocycles. The molecule has 4 nitrogen and oxygen atoms in total. The van der Waals surface area contributed by atoms with Gasteiger partial charge in [-0.3, -0.25) is 4.79 Å². The number of benzene rings is 1. The second-order valence-electron chi connectivity index (χ2n) is 7.38. The summed E-state index contributed by atoms with van der Waals surface area (Å²) in [4.78, 5) is 14.2. The standard InChI is InChI=1S/C20H30N2O2/c1-3-4-11-22-13-17-9-6-10-18(14-22)20(17,24-2)16-8-5-7-15(12-16)19(21)23/h5,7-8,12,17-18H,3-4,6,9-11,13-14H2,1-2H3,(H2,21,23). The minimum atomic E-state index is -0.367. The van der Waals surface area contributed by atoms with Crippen molar-refractivity contribution in [3.63, 3.8) is 0 Å². The molecule has 1 aromatic carbocycles. The van der Waals surface area contributed by atoms with Crippen LogP contribution in [0.5, 0.6) is 0 Å². The molecule has 1 amide bonds. The van der Waals surface area contributed by atoms with Gasteiger partial charge in [0.2, 0.25) is 5.91 Å². The first kappa shape index (κ1) is 17.4. The van der Waals surface area contributed by atoms with Crippen LogP contribution >= 0.6 is 0 Å². The molecule has 1 aromatic rings. The zero-order chi connectivity index (χ0) is 17.2. The molecule has 1 aliphatic heterocycles. The summed E-state index contributed by atoms with van der Waals surface area (Å²) < 4.78 is 6.24. The van der Waals surface area contributed by atoms with Crippen molar-refractivity contribution in [1.82, 2.24) is 4.90 Å². The highest BCUT2D eigenvalue weighted by molar-refractivity contribution is 5.92. The summed E-state index contributed by atoms with van der Waals surface area (Å²) in [5.74, 6) is 0.596. The van der Waals surface area contributed by atoms with Crippen LogP contribution < -0.4 is 5.73 Å². The quantitative estimate of drug-likeness (QED) is 0.872. The zero-order valence-corrected chi connectivity index (χ0v) is 15.0. The van der Waals surface area contributed by atoms with Gasteiger partial charge in [0, 0.05) is 37.6 Å². The number of nitrogens with zero attached hydrogens (tertiary/aromatic N) is 1. The fourth-order valence-corrected chi connectivity index (χ4v) is 4.93. The van der Waals surface area contributed by atoms with E-state index in [1.807, 2.05) is 19.2 Å². The van der Waals surface area contributed by atoms with Gasteiger partial charge in [0.15, 0.2) is 0 Å². The van der Waals surface area contributed by atoms with E-state index in [2.05, 4.69) is 17.9 Å². The van der Waals surface area contributed by atoms with E-state index in [1.165, 1.54) is 38.6 Å². The highest BCUT2D eigenvalue weighted by atomic mass is 16.5. The number of primary amides is 1. The van der Waals surface area contributed by atoms with Crippen molar-refractivity contribution >= 4 is 5.91 Å².